The Labute approximate surface area is 68.4 Å². The van der Waals surface area contributed by atoms with E-state index < -0.39 is 0 Å². The van der Waals surface area contributed by atoms with Crippen LogP contribution in [0.5, 0.6) is 0 Å². The van der Waals surface area contributed by atoms with Gasteiger partial charge in [0.2, 0.25) is 0 Å². The summed E-state index contributed by atoms with van der Waals surface area (Å²) in [6, 6.07) is 0. The second kappa shape index (κ2) is 5.00. The Morgan fingerprint density at radius 1 is 1.00 bits per heavy atom. The zero-order valence-corrected chi connectivity index (χ0v) is 6.92. The summed E-state index contributed by atoms with van der Waals surface area (Å²) in [5, 5.41) is 9.27. The lowest BCUT2D eigenvalue weighted by molar-refractivity contribution is 0.380. The fourth-order valence-electron chi connectivity index (χ4n) is 1.24. The Balaban J connectivity index is 2.34. The van der Waals surface area contributed by atoms with Gasteiger partial charge < -0.3 is 5.11 Å². The van der Waals surface area contributed by atoms with Crippen LogP contribution in [0.1, 0.15) is 38.5 Å². The maximum Gasteiger partial charge on any atom is 0.0882 e. The number of aliphatic hydroxyl groups excluding tert-OH is 1. The molecule has 1 aliphatic carbocycles. The van der Waals surface area contributed by atoms with Gasteiger partial charge in [-0.25, -0.2) is 0 Å². The average molecular weight is 152 g/mol. The van der Waals surface area contributed by atoms with Crippen LogP contribution in [0.2, 0.25) is 0 Å². The van der Waals surface area contributed by atoms with Crippen molar-refractivity contribution in [3.05, 3.63) is 24.0 Å². The van der Waals surface area contributed by atoms with Gasteiger partial charge in [0.25, 0.3) is 0 Å². The lowest BCUT2D eigenvalue weighted by Crippen LogP contribution is -1.84. The molecule has 1 nitrogen and oxygen atoms in total. The third-order valence-electron chi connectivity index (χ3n) is 1.93. The summed E-state index contributed by atoms with van der Waals surface area (Å²) >= 11 is 0. The van der Waals surface area contributed by atoms with Gasteiger partial charge in [-0.15, -0.1) is 0 Å². The van der Waals surface area contributed by atoms with E-state index in [1.54, 1.807) is 0 Å². The fourth-order valence-corrected chi connectivity index (χ4v) is 1.24. The smallest absolute Gasteiger partial charge is 0.0882 e. The van der Waals surface area contributed by atoms with E-state index in [4.69, 9.17) is 0 Å². The SMILES string of the molecule is OC1=CCCCC=CCCC1. The van der Waals surface area contributed by atoms with E-state index in [0.29, 0.717) is 5.76 Å². The molecule has 62 valence electrons. The van der Waals surface area contributed by atoms with Gasteiger partial charge in [-0.2, -0.15) is 0 Å². The number of hydrogen-bond acceptors (Lipinski definition) is 1. The van der Waals surface area contributed by atoms with Crippen LogP contribution >= 0.6 is 0 Å². The van der Waals surface area contributed by atoms with E-state index in [9.17, 15) is 5.11 Å². The van der Waals surface area contributed by atoms with Crippen LogP contribution in [0.15, 0.2) is 24.0 Å². The molecular formula is C10H16O. The Morgan fingerprint density at radius 3 is 2.55 bits per heavy atom. The highest BCUT2D eigenvalue weighted by atomic mass is 16.3. The highest BCUT2D eigenvalue weighted by molar-refractivity contribution is 4.94. The van der Waals surface area contributed by atoms with Crippen LogP contribution in [0.3, 0.4) is 0 Å². The molecule has 0 aromatic carbocycles. The molecule has 0 aliphatic heterocycles. The van der Waals surface area contributed by atoms with E-state index in [1.807, 2.05) is 6.08 Å². The van der Waals surface area contributed by atoms with Gasteiger partial charge in [-0.05, 0) is 38.2 Å². The molecule has 0 aromatic heterocycles. The molecule has 0 fully saturated rings. The van der Waals surface area contributed by atoms with Gasteiger partial charge in [-0.1, -0.05) is 12.2 Å². The summed E-state index contributed by atoms with van der Waals surface area (Å²) in [6.45, 7) is 0. The molecule has 0 unspecified atom stereocenters. The molecule has 0 aromatic rings. The number of rotatable bonds is 0. The monoisotopic (exact) mass is 152 g/mol. The van der Waals surface area contributed by atoms with Crippen molar-refractivity contribution in [1.29, 1.82) is 0 Å². The molecule has 0 atom stereocenters. The minimum Gasteiger partial charge on any atom is -0.513 e. The molecule has 0 spiro atoms. The molecule has 0 heterocycles. The zero-order chi connectivity index (χ0) is 7.94. The molecule has 1 N–H and O–H groups in total. The summed E-state index contributed by atoms with van der Waals surface area (Å²) in [7, 11) is 0. The van der Waals surface area contributed by atoms with Gasteiger partial charge >= 0.3 is 0 Å². The first kappa shape index (κ1) is 8.38. The molecule has 0 saturated heterocycles. The maximum absolute atomic E-state index is 9.27. The van der Waals surface area contributed by atoms with Crippen molar-refractivity contribution in [2.75, 3.05) is 0 Å². The van der Waals surface area contributed by atoms with Crippen LogP contribution in [-0.2, 0) is 0 Å². The van der Waals surface area contributed by atoms with Gasteiger partial charge in [-0.3, -0.25) is 0 Å². The molecule has 0 saturated carbocycles. The highest BCUT2D eigenvalue weighted by Gasteiger charge is 1.93. The van der Waals surface area contributed by atoms with E-state index >= 15 is 0 Å². The van der Waals surface area contributed by atoms with Crippen LogP contribution < -0.4 is 0 Å². The van der Waals surface area contributed by atoms with E-state index in [-0.39, 0.29) is 0 Å². The first-order chi connectivity index (χ1) is 5.39. The Morgan fingerprint density at radius 2 is 1.73 bits per heavy atom. The van der Waals surface area contributed by atoms with Crippen molar-refractivity contribution in [2.45, 2.75) is 38.5 Å². The topological polar surface area (TPSA) is 20.2 Å². The first-order valence-corrected chi connectivity index (χ1v) is 4.42. The van der Waals surface area contributed by atoms with Crippen molar-refractivity contribution in [2.24, 2.45) is 0 Å². The van der Waals surface area contributed by atoms with Gasteiger partial charge in [0.15, 0.2) is 0 Å². The minimum absolute atomic E-state index is 0.584. The average Bonchev–Trinajstić information content (AvgIpc) is 2.03. The number of allylic oxidation sites excluding steroid dienone is 4. The second-order valence-electron chi connectivity index (χ2n) is 2.99. The van der Waals surface area contributed by atoms with Gasteiger partial charge in [0.1, 0.15) is 0 Å². The van der Waals surface area contributed by atoms with Crippen molar-refractivity contribution in [3.8, 4) is 0 Å². The lowest BCUT2D eigenvalue weighted by atomic mass is 10.1. The maximum atomic E-state index is 9.27. The van der Waals surface area contributed by atoms with Crippen LogP contribution in [0.25, 0.3) is 0 Å². The quantitative estimate of drug-likeness (QED) is 0.528. The molecule has 1 heteroatoms. The standard InChI is InChI=1S/C10H16O/c11-10-8-6-4-2-1-3-5-7-9-10/h1-2,9,11H,3-8H2. The molecular weight excluding hydrogens is 136 g/mol. The van der Waals surface area contributed by atoms with Crippen molar-refractivity contribution in [1.82, 2.24) is 0 Å². The molecule has 11 heavy (non-hydrogen) atoms. The predicted molar refractivity (Wildman–Crippen MR) is 47.6 cm³/mol. The largest absolute Gasteiger partial charge is 0.513 e. The summed E-state index contributed by atoms with van der Waals surface area (Å²) in [4.78, 5) is 0. The number of hydrogen-bond donors (Lipinski definition) is 1. The third kappa shape index (κ3) is 3.87. The van der Waals surface area contributed by atoms with Crippen LogP contribution in [0.4, 0.5) is 0 Å². The molecule has 1 rings (SSSR count). The second-order valence-corrected chi connectivity index (χ2v) is 2.99. The van der Waals surface area contributed by atoms with E-state index in [0.717, 1.165) is 32.1 Å². The normalized spacial score (nSPS) is 20.9. The summed E-state index contributed by atoms with van der Waals surface area (Å²) in [6.07, 6.45) is 12.8. The Hall–Kier alpha value is -0.720. The molecule has 0 amide bonds. The van der Waals surface area contributed by atoms with E-state index in [2.05, 4.69) is 12.2 Å². The Kier molecular flexibility index (Phi) is 3.81. The van der Waals surface area contributed by atoms with Crippen molar-refractivity contribution in [3.63, 3.8) is 0 Å². The van der Waals surface area contributed by atoms with Crippen LogP contribution in [-0.4, -0.2) is 5.11 Å². The highest BCUT2D eigenvalue weighted by Crippen LogP contribution is 2.10. The first-order valence-electron chi connectivity index (χ1n) is 4.42. The van der Waals surface area contributed by atoms with Gasteiger partial charge in [0, 0.05) is 6.42 Å². The Bertz CT molecular complexity index is 156. The van der Waals surface area contributed by atoms with E-state index in [1.165, 1.54) is 6.42 Å². The molecule has 1 aliphatic rings. The summed E-state index contributed by atoms with van der Waals surface area (Å²) < 4.78 is 0. The third-order valence-corrected chi connectivity index (χ3v) is 1.93. The summed E-state index contributed by atoms with van der Waals surface area (Å²) in [5.41, 5.74) is 0. The zero-order valence-electron chi connectivity index (χ0n) is 6.92. The summed E-state index contributed by atoms with van der Waals surface area (Å²) in [5.74, 6) is 0.584. The minimum atomic E-state index is 0.584. The fraction of sp³-hybridized carbons (Fsp3) is 0.600. The van der Waals surface area contributed by atoms with Crippen molar-refractivity contribution < 1.29 is 5.11 Å². The molecule has 0 bridgehead atoms. The van der Waals surface area contributed by atoms with Crippen LogP contribution in [0, 0.1) is 0 Å². The predicted octanol–water partition coefficient (Wildman–Crippen LogP) is 3.34. The van der Waals surface area contributed by atoms with Crippen molar-refractivity contribution >= 4 is 0 Å². The molecule has 0 radical (unpaired) electrons. The van der Waals surface area contributed by atoms with Gasteiger partial charge in [0.05, 0.1) is 5.76 Å². The number of aliphatic hydroxyl groups is 1. The lowest BCUT2D eigenvalue weighted by Gasteiger charge is -2.00.